The SMILES string of the molecule is C=C1C(CN)=CN(c2ccccc2)c2cc(Cl)ccc21. The Hall–Kier alpha value is -2.03. The molecule has 0 aromatic heterocycles. The molecule has 0 spiro atoms. The van der Waals surface area contributed by atoms with Crippen molar-refractivity contribution in [3.05, 3.63) is 77.5 Å². The van der Waals surface area contributed by atoms with E-state index < -0.39 is 0 Å². The van der Waals surface area contributed by atoms with Crippen LogP contribution < -0.4 is 10.6 Å². The van der Waals surface area contributed by atoms with Crippen LogP contribution in [0.15, 0.2) is 66.9 Å². The molecule has 2 aromatic rings. The van der Waals surface area contributed by atoms with E-state index in [4.69, 9.17) is 17.3 Å². The highest BCUT2D eigenvalue weighted by Gasteiger charge is 2.21. The van der Waals surface area contributed by atoms with E-state index in [1.807, 2.05) is 42.6 Å². The molecule has 0 atom stereocenters. The molecule has 20 heavy (non-hydrogen) atoms. The van der Waals surface area contributed by atoms with Crippen LogP contribution in [0.2, 0.25) is 5.02 Å². The number of fused-ring (bicyclic) bond motifs is 1. The number of hydrogen-bond acceptors (Lipinski definition) is 2. The Morgan fingerprint density at radius 1 is 1.10 bits per heavy atom. The number of anilines is 2. The molecular formula is C17H15ClN2. The maximum absolute atomic E-state index is 6.15. The highest BCUT2D eigenvalue weighted by Crippen LogP contribution is 2.40. The predicted octanol–water partition coefficient (Wildman–Crippen LogP) is 4.35. The molecule has 1 aliphatic heterocycles. The highest BCUT2D eigenvalue weighted by atomic mass is 35.5. The van der Waals surface area contributed by atoms with Gasteiger partial charge >= 0.3 is 0 Å². The van der Waals surface area contributed by atoms with Gasteiger partial charge in [-0.05, 0) is 35.4 Å². The first-order valence-corrected chi connectivity index (χ1v) is 6.83. The van der Waals surface area contributed by atoms with E-state index in [9.17, 15) is 0 Å². The van der Waals surface area contributed by atoms with Gasteiger partial charge in [-0.2, -0.15) is 0 Å². The van der Waals surface area contributed by atoms with Crippen molar-refractivity contribution in [2.75, 3.05) is 11.4 Å². The minimum atomic E-state index is 0.463. The van der Waals surface area contributed by atoms with Crippen LogP contribution in [0.1, 0.15) is 5.56 Å². The number of nitrogens with two attached hydrogens (primary N) is 1. The molecular weight excluding hydrogens is 268 g/mol. The number of rotatable bonds is 2. The molecule has 1 aliphatic rings. The predicted molar refractivity (Wildman–Crippen MR) is 86.2 cm³/mol. The molecule has 0 fully saturated rings. The van der Waals surface area contributed by atoms with Gasteiger partial charge in [0.1, 0.15) is 0 Å². The Balaban J connectivity index is 2.20. The van der Waals surface area contributed by atoms with E-state index in [0.717, 1.165) is 28.1 Å². The Morgan fingerprint density at radius 3 is 2.55 bits per heavy atom. The number of para-hydroxylation sites is 1. The summed E-state index contributed by atoms with van der Waals surface area (Å²) in [6.45, 7) is 4.61. The van der Waals surface area contributed by atoms with Gasteiger partial charge in [-0.15, -0.1) is 0 Å². The van der Waals surface area contributed by atoms with E-state index in [1.54, 1.807) is 0 Å². The molecule has 2 N–H and O–H groups in total. The molecule has 100 valence electrons. The Bertz CT molecular complexity index is 689. The van der Waals surface area contributed by atoms with E-state index in [0.29, 0.717) is 11.6 Å². The lowest BCUT2D eigenvalue weighted by Gasteiger charge is -2.30. The first kappa shape index (κ1) is 13.0. The summed E-state index contributed by atoms with van der Waals surface area (Å²) in [5, 5.41) is 0.710. The minimum Gasteiger partial charge on any atom is -0.326 e. The summed E-state index contributed by atoms with van der Waals surface area (Å²) in [6.07, 6.45) is 2.04. The summed E-state index contributed by atoms with van der Waals surface area (Å²) in [4.78, 5) is 2.11. The number of hydrogen-bond donors (Lipinski definition) is 1. The first-order chi connectivity index (χ1) is 9.70. The van der Waals surface area contributed by atoms with Crippen LogP contribution in [0, 0.1) is 0 Å². The molecule has 2 nitrogen and oxygen atoms in total. The van der Waals surface area contributed by atoms with Crippen LogP contribution in [0.3, 0.4) is 0 Å². The van der Waals surface area contributed by atoms with Crippen molar-refractivity contribution in [2.45, 2.75) is 0 Å². The van der Waals surface area contributed by atoms with Crippen LogP contribution in [-0.2, 0) is 0 Å². The number of nitrogens with zero attached hydrogens (tertiary/aromatic N) is 1. The topological polar surface area (TPSA) is 29.3 Å². The summed E-state index contributed by atoms with van der Waals surface area (Å²) in [6, 6.07) is 16.0. The van der Waals surface area contributed by atoms with Gasteiger partial charge in [0.15, 0.2) is 0 Å². The summed E-state index contributed by atoms with van der Waals surface area (Å²) >= 11 is 6.15. The smallest absolute Gasteiger partial charge is 0.0548 e. The zero-order chi connectivity index (χ0) is 14.1. The number of halogens is 1. The molecule has 0 amide bonds. The fourth-order valence-electron chi connectivity index (χ4n) is 2.41. The zero-order valence-corrected chi connectivity index (χ0v) is 11.8. The average Bonchev–Trinajstić information content (AvgIpc) is 2.48. The fourth-order valence-corrected chi connectivity index (χ4v) is 2.58. The van der Waals surface area contributed by atoms with Crippen LogP contribution in [-0.4, -0.2) is 6.54 Å². The lowest BCUT2D eigenvalue weighted by atomic mass is 9.94. The van der Waals surface area contributed by atoms with Crippen molar-refractivity contribution in [1.29, 1.82) is 0 Å². The Morgan fingerprint density at radius 2 is 1.85 bits per heavy atom. The minimum absolute atomic E-state index is 0.463. The standard InChI is InChI=1S/C17H15ClN2/c1-12-13(10-19)11-20(15-5-3-2-4-6-15)17-9-14(18)7-8-16(12)17/h2-9,11H,1,10,19H2. The van der Waals surface area contributed by atoms with E-state index in [1.165, 1.54) is 0 Å². The van der Waals surface area contributed by atoms with E-state index in [-0.39, 0.29) is 0 Å². The molecule has 0 saturated carbocycles. The van der Waals surface area contributed by atoms with Crippen LogP contribution in [0.4, 0.5) is 11.4 Å². The van der Waals surface area contributed by atoms with Gasteiger partial charge in [-0.3, -0.25) is 0 Å². The quantitative estimate of drug-likeness (QED) is 0.887. The summed E-state index contributed by atoms with van der Waals surface area (Å²) in [7, 11) is 0. The van der Waals surface area contributed by atoms with Crippen molar-refractivity contribution in [1.82, 2.24) is 0 Å². The summed E-state index contributed by atoms with van der Waals surface area (Å²) in [5.74, 6) is 0. The Kier molecular flexibility index (Phi) is 3.35. The molecule has 0 bridgehead atoms. The zero-order valence-electron chi connectivity index (χ0n) is 11.0. The van der Waals surface area contributed by atoms with Crippen LogP contribution in [0.25, 0.3) is 5.57 Å². The highest BCUT2D eigenvalue weighted by molar-refractivity contribution is 6.31. The van der Waals surface area contributed by atoms with Crippen molar-refractivity contribution in [2.24, 2.45) is 5.73 Å². The van der Waals surface area contributed by atoms with Crippen molar-refractivity contribution >= 4 is 28.5 Å². The average molecular weight is 283 g/mol. The normalized spacial score (nSPS) is 14.0. The van der Waals surface area contributed by atoms with Gasteiger partial charge < -0.3 is 10.6 Å². The van der Waals surface area contributed by atoms with Crippen LogP contribution in [0.5, 0.6) is 0 Å². The second-order valence-electron chi connectivity index (χ2n) is 4.70. The molecule has 0 aliphatic carbocycles. The molecule has 2 aromatic carbocycles. The third kappa shape index (κ3) is 2.13. The molecule has 0 saturated heterocycles. The van der Waals surface area contributed by atoms with Gasteiger partial charge in [0, 0.05) is 29.0 Å². The lowest BCUT2D eigenvalue weighted by Crippen LogP contribution is -2.19. The first-order valence-electron chi connectivity index (χ1n) is 6.45. The second-order valence-corrected chi connectivity index (χ2v) is 5.14. The van der Waals surface area contributed by atoms with Crippen molar-refractivity contribution < 1.29 is 0 Å². The van der Waals surface area contributed by atoms with Gasteiger partial charge in [-0.1, -0.05) is 42.4 Å². The van der Waals surface area contributed by atoms with Gasteiger partial charge in [0.25, 0.3) is 0 Å². The maximum atomic E-state index is 6.15. The van der Waals surface area contributed by atoms with Gasteiger partial charge in [0.2, 0.25) is 0 Å². The Labute approximate surface area is 123 Å². The molecule has 3 rings (SSSR count). The summed E-state index contributed by atoms with van der Waals surface area (Å²) < 4.78 is 0. The van der Waals surface area contributed by atoms with Gasteiger partial charge in [0.05, 0.1) is 5.69 Å². The molecule has 3 heteroatoms. The third-order valence-electron chi connectivity index (χ3n) is 3.47. The number of benzene rings is 2. The fraction of sp³-hybridized carbons (Fsp3) is 0.0588. The molecule has 1 heterocycles. The van der Waals surface area contributed by atoms with E-state index in [2.05, 4.69) is 23.6 Å². The molecule has 0 radical (unpaired) electrons. The lowest BCUT2D eigenvalue weighted by molar-refractivity contribution is 1.13. The van der Waals surface area contributed by atoms with Gasteiger partial charge in [-0.25, -0.2) is 0 Å². The van der Waals surface area contributed by atoms with Crippen molar-refractivity contribution in [3.8, 4) is 0 Å². The largest absolute Gasteiger partial charge is 0.326 e. The third-order valence-corrected chi connectivity index (χ3v) is 3.71. The maximum Gasteiger partial charge on any atom is 0.0548 e. The summed E-state index contributed by atoms with van der Waals surface area (Å²) in [5.41, 5.74) is 11.0. The molecule has 0 unspecified atom stereocenters. The van der Waals surface area contributed by atoms with Crippen LogP contribution >= 0.6 is 11.6 Å². The monoisotopic (exact) mass is 282 g/mol. The van der Waals surface area contributed by atoms with E-state index >= 15 is 0 Å². The van der Waals surface area contributed by atoms with Crippen molar-refractivity contribution in [3.63, 3.8) is 0 Å². The second kappa shape index (κ2) is 5.16.